The highest BCUT2D eigenvalue weighted by molar-refractivity contribution is 5.86. The Labute approximate surface area is 115 Å². The molecular formula is C15H25N3O. The van der Waals surface area contributed by atoms with Gasteiger partial charge in [-0.2, -0.15) is 5.10 Å². The fourth-order valence-corrected chi connectivity index (χ4v) is 2.78. The van der Waals surface area contributed by atoms with E-state index in [1.807, 2.05) is 4.68 Å². The number of nitrogens with one attached hydrogen (secondary N) is 1. The van der Waals surface area contributed by atoms with Crippen molar-refractivity contribution in [1.29, 1.82) is 0 Å². The third-order valence-corrected chi connectivity index (χ3v) is 4.19. The van der Waals surface area contributed by atoms with Gasteiger partial charge in [0.2, 0.25) is 0 Å². The average Bonchev–Trinajstić information content (AvgIpc) is 2.82. The van der Waals surface area contributed by atoms with Crippen molar-refractivity contribution >= 4 is 5.78 Å². The van der Waals surface area contributed by atoms with Gasteiger partial charge >= 0.3 is 0 Å². The molecule has 1 saturated heterocycles. The van der Waals surface area contributed by atoms with E-state index in [-0.39, 0.29) is 5.41 Å². The summed E-state index contributed by atoms with van der Waals surface area (Å²) in [4.78, 5) is 12.6. The number of piperidine rings is 1. The number of ketones is 1. The minimum Gasteiger partial charge on any atom is -0.316 e. The molecule has 1 unspecified atom stereocenters. The van der Waals surface area contributed by atoms with Gasteiger partial charge in [0.25, 0.3) is 0 Å². The first-order chi connectivity index (χ1) is 9.09. The quantitative estimate of drug-likeness (QED) is 0.883. The largest absolute Gasteiger partial charge is 0.316 e. The Bertz CT molecular complexity index is 444. The molecule has 0 bridgehead atoms. The van der Waals surface area contributed by atoms with E-state index in [0.29, 0.717) is 12.2 Å². The zero-order chi connectivity index (χ0) is 13.9. The lowest BCUT2D eigenvalue weighted by Gasteiger charge is -2.32. The molecule has 0 amide bonds. The van der Waals surface area contributed by atoms with Crippen molar-refractivity contribution in [1.82, 2.24) is 15.1 Å². The first-order valence-corrected chi connectivity index (χ1v) is 7.38. The molecule has 1 aromatic rings. The summed E-state index contributed by atoms with van der Waals surface area (Å²) in [7, 11) is 0. The Morgan fingerprint density at radius 3 is 2.89 bits per heavy atom. The molecule has 4 nitrogen and oxygen atoms in total. The SMILES string of the molecule is CCc1cc(CC(=O)C2(C)CCCNC2)n(CC)n1. The number of aromatic nitrogens is 2. The summed E-state index contributed by atoms with van der Waals surface area (Å²) < 4.78 is 1.97. The molecule has 0 saturated carbocycles. The fraction of sp³-hybridized carbons (Fsp3) is 0.733. The lowest BCUT2D eigenvalue weighted by Crippen LogP contribution is -2.44. The zero-order valence-corrected chi connectivity index (χ0v) is 12.3. The van der Waals surface area contributed by atoms with Gasteiger partial charge in [-0.05, 0) is 38.8 Å². The predicted molar refractivity (Wildman–Crippen MR) is 76.2 cm³/mol. The van der Waals surface area contributed by atoms with Crippen LogP contribution >= 0.6 is 0 Å². The van der Waals surface area contributed by atoms with Gasteiger partial charge < -0.3 is 5.32 Å². The third kappa shape index (κ3) is 3.06. The molecule has 1 aliphatic rings. The Balaban J connectivity index is 2.11. The molecule has 0 aromatic carbocycles. The van der Waals surface area contributed by atoms with Gasteiger partial charge in [0.05, 0.1) is 5.69 Å². The van der Waals surface area contributed by atoms with Crippen LogP contribution in [-0.4, -0.2) is 28.7 Å². The lowest BCUT2D eigenvalue weighted by atomic mass is 9.77. The minimum absolute atomic E-state index is 0.201. The third-order valence-electron chi connectivity index (χ3n) is 4.19. The Morgan fingerprint density at radius 2 is 2.32 bits per heavy atom. The summed E-state index contributed by atoms with van der Waals surface area (Å²) in [6, 6.07) is 2.08. The van der Waals surface area contributed by atoms with Crippen molar-refractivity contribution in [2.24, 2.45) is 5.41 Å². The normalized spacial score (nSPS) is 23.5. The molecule has 1 aromatic heterocycles. The van der Waals surface area contributed by atoms with Crippen molar-refractivity contribution in [3.63, 3.8) is 0 Å². The van der Waals surface area contributed by atoms with Crippen molar-refractivity contribution < 1.29 is 4.79 Å². The maximum Gasteiger partial charge on any atom is 0.145 e. The van der Waals surface area contributed by atoms with E-state index in [9.17, 15) is 4.79 Å². The Kier molecular flexibility index (Phi) is 4.40. The van der Waals surface area contributed by atoms with E-state index in [0.717, 1.165) is 50.3 Å². The summed E-state index contributed by atoms with van der Waals surface area (Å²) in [6.07, 6.45) is 3.53. The Morgan fingerprint density at radius 1 is 1.53 bits per heavy atom. The standard InChI is InChI=1S/C15H25N3O/c1-4-12-9-13(18(5-2)17-12)10-14(19)15(3)7-6-8-16-11-15/h9,16H,4-8,10-11H2,1-3H3. The maximum atomic E-state index is 12.6. The number of hydrogen-bond donors (Lipinski definition) is 1. The molecule has 2 rings (SSSR count). The summed E-state index contributed by atoms with van der Waals surface area (Å²) in [5.41, 5.74) is 1.95. The van der Waals surface area contributed by atoms with Gasteiger partial charge in [-0.15, -0.1) is 0 Å². The summed E-state index contributed by atoms with van der Waals surface area (Å²) in [6.45, 7) is 8.94. The first-order valence-electron chi connectivity index (χ1n) is 7.38. The maximum absolute atomic E-state index is 12.6. The Hall–Kier alpha value is -1.16. The summed E-state index contributed by atoms with van der Waals surface area (Å²) in [5.74, 6) is 0.344. The molecule has 0 spiro atoms. The van der Waals surface area contributed by atoms with Gasteiger partial charge in [0.1, 0.15) is 5.78 Å². The molecular weight excluding hydrogens is 238 g/mol. The van der Waals surface area contributed by atoms with Gasteiger partial charge in [-0.1, -0.05) is 13.8 Å². The van der Waals surface area contributed by atoms with E-state index in [1.165, 1.54) is 0 Å². The van der Waals surface area contributed by atoms with E-state index in [4.69, 9.17) is 0 Å². The van der Waals surface area contributed by atoms with Crippen LogP contribution < -0.4 is 5.32 Å². The second kappa shape index (κ2) is 5.87. The number of rotatable bonds is 5. The van der Waals surface area contributed by atoms with Gasteiger partial charge in [-0.3, -0.25) is 9.48 Å². The van der Waals surface area contributed by atoms with Crippen LogP contribution in [-0.2, 0) is 24.2 Å². The topological polar surface area (TPSA) is 46.9 Å². The highest BCUT2D eigenvalue weighted by atomic mass is 16.1. The molecule has 4 heteroatoms. The number of carbonyl (C=O) groups excluding carboxylic acids is 1. The van der Waals surface area contributed by atoms with Crippen molar-refractivity contribution in [3.8, 4) is 0 Å². The van der Waals surface area contributed by atoms with Gasteiger partial charge in [-0.25, -0.2) is 0 Å². The molecule has 0 radical (unpaired) electrons. The van der Waals surface area contributed by atoms with Gasteiger partial charge in [0, 0.05) is 30.6 Å². The smallest absolute Gasteiger partial charge is 0.145 e. The molecule has 1 N–H and O–H groups in total. The van der Waals surface area contributed by atoms with Crippen LogP contribution in [0.1, 0.15) is 45.0 Å². The number of nitrogens with zero attached hydrogens (tertiary/aromatic N) is 2. The molecule has 0 aliphatic carbocycles. The van der Waals surface area contributed by atoms with Crippen LogP contribution in [0.4, 0.5) is 0 Å². The minimum atomic E-state index is -0.201. The van der Waals surface area contributed by atoms with Crippen LogP contribution in [0.5, 0.6) is 0 Å². The summed E-state index contributed by atoms with van der Waals surface area (Å²) >= 11 is 0. The molecule has 1 atom stereocenters. The summed E-state index contributed by atoms with van der Waals surface area (Å²) in [5, 5.41) is 7.86. The number of aryl methyl sites for hydroxylation is 2. The molecule has 1 fully saturated rings. The first kappa shape index (κ1) is 14.3. The number of hydrogen-bond acceptors (Lipinski definition) is 3. The van der Waals surface area contributed by atoms with Crippen LogP contribution in [0.2, 0.25) is 0 Å². The predicted octanol–water partition coefficient (Wildman–Crippen LogP) is 1.97. The van der Waals surface area contributed by atoms with Crippen LogP contribution in [0, 0.1) is 5.41 Å². The number of carbonyl (C=O) groups is 1. The molecule has 19 heavy (non-hydrogen) atoms. The van der Waals surface area contributed by atoms with Gasteiger partial charge in [0.15, 0.2) is 0 Å². The molecule has 106 valence electrons. The van der Waals surface area contributed by atoms with E-state index in [1.54, 1.807) is 0 Å². The number of Topliss-reactive ketones (excluding diaryl/α,β-unsaturated/α-hetero) is 1. The fourth-order valence-electron chi connectivity index (χ4n) is 2.78. The molecule has 2 heterocycles. The highest BCUT2D eigenvalue weighted by Crippen LogP contribution is 2.28. The van der Waals surface area contributed by atoms with Crippen LogP contribution in [0.15, 0.2) is 6.07 Å². The van der Waals surface area contributed by atoms with E-state index in [2.05, 4.69) is 37.3 Å². The van der Waals surface area contributed by atoms with Crippen molar-refractivity contribution in [2.75, 3.05) is 13.1 Å². The monoisotopic (exact) mass is 263 g/mol. The van der Waals surface area contributed by atoms with Crippen molar-refractivity contribution in [2.45, 2.75) is 53.0 Å². The lowest BCUT2D eigenvalue weighted by molar-refractivity contribution is -0.128. The average molecular weight is 263 g/mol. The highest BCUT2D eigenvalue weighted by Gasteiger charge is 2.34. The zero-order valence-electron chi connectivity index (χ0n) is 12.3. The van der Waals surface area contributed by atoms with Crippen molar-refractivity contribution in [3.05, 3.63) is 17.5 Å². The van der Waals surface area contributed by atoms with E-state index >= 15 is 0 Å². The molecule has 1 aliphatic heterocycles. The second-order valence-corrected chi connectivity index (χ2v) is 5.74. The van der Waals surface area contributed by atoms with E-state index < -0.39 is 0 Å². The second-order valence-electron chi connectivity index (χ2n) is 5.74. The van der Waals surface area contributed by atoms with Crippen LogP contribution in [0.25, 0.3) is 0 Å². The van der Waals surface area contributed by atoms with Crippen LogP contribution in [0.3, 0.4) is 0 Å².